The van der Waals surface area contributed by atoms with Crippen LogP contribution in [0.4, 0.5) is 10.8 Å². The number of hydrogen-bond acceptors (Lipinski definition) is 5. The molecular formula is C18H20ClN3O2S2. The van der Waals surface area contributed by atoms with Crippen LogP contribution in [0.5, 0.6) is 0 Å². The zero-order chi connectivity index (χ0) is 18.5. The van der Waals surface area contributed by atoms with Crippen LogP contribution in [0.3, 0.4) is 0 Å². The van der Waals surface area contributed by atoms with Gasteiger partial charge in [-0.25, -0.2) is 9.78 Å². The normalized spacial score (nSPS) is 13.9. The maximum atomic E-state index is 12.4. The van der Waals surface area contributed by atoms with Crippen molar-refractivity contribution in [2.45, 2.75) is 38.5 Å². The predicted octanol–water partition coefficient (Wildman–Crippen LogP) is 5.05. The molecule has 2 heterocycles. The van der Waals surface area contributed by atoms with Gasteiger partial charge in [0, 0.05) is 11.1 Å². The average Bonchev–Trinajstić information content (AvgIpc) is 2.92. The number of pyridine rings is 1. The number of nitrogens with zero attached hydrogens (tertiary/aromatic N) is 1. The first-order chi connectivity index (χ1) is 12.6. The fourth-order valence-electron chi connectivity index (χ4n) is 3.03. The van der Waals surface area contributed by atoms with Crippen LogP contribution >= 0.6 is 35.2 Å². The van der Waals surface area contributed by atoms with Crippen LogP contribution < -0.4 is 10.6 Å². The Hall–Kier alpha value is -1.70. The Labute approximate surface area is 167 Å². The molecule has 1 aliphatic carbocycles. The Balaban J connectivity index is 1.83. The maximum absolute atomic E-state index is 12.4. The zero-order valence-electron chi connectivity index (χ0n) is 14.4. The zero-order valence-corrected chi connectivity index (χ0v) is 16.8. The van der Waals surface area contributed by atoms with Gasteiger partial charge in [-0.15, -0.1) is 11.3 Å². The molecule has 2 aromatic heterocycles. The molecule has 0 amide bonds. The predicted molar refractivity (Wildman–Crippen MR) is 111 cm³/mol. The van der Waals surface area contributed by atoms with E-state index in [0.29, 0.717) is 21.5 Å². The molecule has 0 bridgehead atoms. The van der Waals surface area contributed by atoms with Gasteiger partial charge >= 0.3 is 5.97 Å². The Morgan fingerprint density at radius 1 is 1.23 bits per heavy atom. The molecule has 3 rings (SSSR count). The van der Waals surface area contributed by atoms with Crippen molar-refractivity contribution >= 4 is 57.1 Å². The third kappa shape index (κ3) is 4.52. The molecule has 1 aliphatic rings. The van der Waals surface area contributed by atoms with Gasteiger partial charge in [0.2, 0.25) is 0 Å². The number of carbonyl (C=O) groups excluding carboxylic acids is 1. The molecule has 2 aromatic rings. The second-order valence-corrected chi connectivity index (χ2v) is 8.00. The molecule has 0 atom stereocenters. The van der Waals surface area contributed by atoms with E-state index in [4.69, 9.17) is 28.6 Å². The number of aromatic nitrogens is 1. The molecule has 0 radical (unpaired) electrons. The standard InChI is InChI=1S/C18H20ClN3O2S2/c1-24-17(23)15-12-6-4-2-3-5-7-13(12)26-16(15)22-18(25)21-14-9-8-11(19)10-20-14/h8-10H,2-7H2,1H3,(H2,20,21,22,25). The summed E-state index contributed by atoms with van der Waals surface area (Å²) >= 11 is 12.8. The van der Waals surface area contributed by atoms with Crippen molar-refractivity contribution in [2.24, 2.45) is 0 Å². The number of anilines is 2. The van der Waals surface area contributed by atoms with Crippen LogP contribution in [0.15, 0.2) is 18.3 Å². The number of thiophene rings is 1. The Bertz CT molecular complexity index is 806. The summed E-state index contributed by atoms with van der Waals surface area (Å²) in [6.45, 7) is 0. The molecule has 0 aliphatic heterocycles. The minimum Gasteiger partial charge on any atom is -0.465 e. The summed E-state index contributed by atoms with van der Waals surface area (Å²) in [6.07, 6.45) is 8.09. The topological polar surface area (TPSA) is 63.2 Å². The Kier molecular flexibility index (Phi) is 6.45. The van der Waals surface area contributed by atoms with Crippen molar-refractivity contribution in [3.05, 3.63) is 39.4 Å². The first-order valence-corrected chi connectivity index (χ1v) is 10.1. The lowest BCUT2D eigenvalue weighted by Crippen LogP contribution is -2.20. The minimum absolute atomic E-state index is 0.321. The van der Waals surface area contributed by atoms with E-state index >= 15 is 0 Å². The maximum Gasteiger partial charge on any atom is 0.341 e. The van der Waals surface area contributed by atoms with E-state index in [1.807, 2.05) is 0 Å². The van der Waals surface area contributed by atoms with E-state index in [1.54, 1.807) is 29.7 Å². The van der Waals surface area contributed by atoms with E-state index in [0.717, 1.165) is 36.2 Å². The van der Waals surface area contributed by atoms with Gasteiger partial charge in [0.25, 0.3) is 0 Å². The number of rotatable bonds is 3. The quantitative estimate of drug-likeness (QED) is 0.546. The summed E-state index contributed by atoms with van der Waals surface area (Å²) in [5.41, 5.74) is 1.72. The molecule has 2 N–H and O–H groups in total. The number of thiocarbonyl (C=S) groups is 1. The second-order valence-electron chi connectivity index (χ2n) is 6.05. The number of carbonyl (C=O) groups is 1. The first kappa shape index (κ1) is 19.1. The van der Waals surface area contributed by atoms with Gasteiger partial charge in [-0.2, -0.15) is 0 Å². The number of ether oxygens (including phenoxy) is 1. The highest BCUT2D eigenvalue weighted by molar-refractivity contribution is 7.80. The van der Waals surface area contributed by atoms with Gasteiger partial charge in [-0.05, 0) is 55.6 Å². The van der Waals surface area contributed by atoms with Gasteiger partial charge in [0.05, 0.1) is 17.7 Å². The largest absolute Gasteiger partial charge is 0.465 e. The summed E-state index contributed by atoms with van der Waals surface area (Å²) in [5.74, 6) is 0.263. The number of esters is 1. The fraction of sp³-hybridized carbons (Fsp3) is 0.389. The molecule has 0 saturated heterocycles. The van der Waals surface area contributed by atoms with Crippen molar-refractivity contribution in [1.29, 1.82) is 0 Å². The number of hydrogen-bond donors (Lipinski definition) is 2. The van der Waals surface area contributed by atoms with Crippen LogP contribution in [-0.4, -0.2) is 23.2 Å². The Morgan fingerprint density at radius 3 is 2.69 bits per heavy atom. The lowest BCUT2D eigenvalue weighted by molar-refractivity contribution is 0.0601. The summed E-state index contributed by atoms with van der Waals surface area (Å²) < 4.78 is 5.02. The number of fused-ring (bicyclic) bond motifs is 1. The van der Waals surface area contributed by atoms with Crippen LogP contribution in [0.25, 0.3) is 0 Å². The van der Waals surface area contributed by atoms with E-state index in [1.165, 1.54) is 24.8 Å². The van der Waals surface area contributed by atoms with Crippen LogP contribution in [0, 0.1) is 0 Å². The van der Waals surface area contributed by atoms with E-state index < -0.39 is 0 Å². The van der Waals surface area contributed by atoms with Crippen molar-refractivity contribution < 1.29 is 9.53 Å². The van der Waals surface area contributed by atoms with Gasteiger partial charge < -0.3 is 15.4 Å². The molecule has 0 aromatic carbocycles. The van der Waals surface area contributed by atoms with E-state index in [-0.39, 0.29) is 5.97 Å². The lowest BCUT2D eigenvalue weighted by Gasteiger charge is -2.12. The highest BCUT2D eigenvalue weighted by Gasteiger charge is 2.25. The summed E-state index contributed by atoms with van der Waals surface area (Å²) in [5, 5.41) is 7.83. The van der Waals surface area contributed by atoms with Crippen LogP contribution in [-0.2, 0) is 17.6 Å². The second kappa shape index (κ2) is 8.79. The molecule has 0 saturated carbocycles. The van der Waals surface area contributed by atoms with Crippen molar-refractivity contribution in [2.75, 3.05) is 17.7 Å². The molecule has 0 unspecified atom stereocenters. The van der Waals surface area contributed by atoms with Crippen molar-refractivity contribution in [1.82, 2.24) is 4.98 Å². The molecule has 5 nitrogen and oxygen atoms in total. The third-order valence-corrected chi connectivity index (χ3v) is 5.89. The summed E-state index contributed by atoms with van der Waals surface area (Å²) in [7, 11) is 1.41. The molecule has 26 heavy (non-hydrogen) atoms. The molecule has 0 spiro atoms. The van der Waals surface area contributed by atoms with Gasteiger partial charge in [0.15, 0.2) is 5.11 Å². The molecular weight excluding hydrogens is 390 g/mol. The highest BCUT2D eigenvalue weighted by atomic mass is 35.5. The summed E-state index contributed by atoms with van der Waals surface area (Å²) in [6, 6.07) is 3.47. The number of halogens is 1. The van der Waals surface area contributed by atoms with Gasteiger partial charge in [-0.3, -0.25) is 0 Å². The fourth-order valence-corrected chi connectivity index (χ4v) is 4.69. The van der Waals surface area contributed by atoms with E-state index in [9.17, 15) is 4.79 Å². The van der Waals surface area contributed by atoms with Crippen molar-refractivity contribution in [3.63, 3.8) is 0 Å². The molecule has 138 valence electrons. The Morgan fingerprint density at radius 2 is 2.00 bits per heavy atom. The van der Waals surface area contributed by atoms with E-state index in [2.05, 4.69) is 15.6 Å². The number of nitrogens with one attached hydrogen (secondary N) is 2. The van der Waals surface area contributed by atoms with Gasteiger partial charge in [0.1, 0.15) is 10.8 Å². The van der Waals surface area contributed by atoms with Crippen molar-refractivity contribution in [3.8, 4) is 0 Å². The first-order valence-electron chi connectivity index (χ1n) is 8.51. The van der Waals surface area contributed by atoms with Gasteiger partial charge in [-0.1, -0.05) is 24.4 Å². The van der Waals surface area contributed by atoms with Crippen LogP contribution in [0.1, 0.15) is 46.5 Å². The smallest absolute Gasteiger partial charge is 0.341 e. The highest BCUT2D eigenvalue weighted by Crippen LogP contribution is 2.37. The average molecular weight is 410 g/mol. The molecule has 0 fully saturated rings. The number of aryl methyl sites for hydroxylation is 1. The molecule has 8 heteroatoms. The lowest BCUT2D eigenvalue weighted by atomic mass is 9.96. The number of methoxy groups -OCH3 is 1. The minimum atomic E-state index is -0.321. The van der Waals surface area contributed by atoms with Crippen LogP contribution in [0.2, 0.25) is 5.02 Å². The summed E-state index contributed by atoms with van der Waals surface area (Å²) in [4.78, 5) is 17.8. The monoisotopic (exact) mass is 409 g/mol. The third-order valence-electron chi connectivity index (χ3n) is 4.26. The SMILES string of the molecule is COC(=O)c1c(NC(=S)Nc2ccc(Cl)cn2)sc2c1CCCCCC2.